The van der Waals surface area contributed by atoms with Crippen LogP contribution in [0.15, 0.2) is 271 Å². The van der Waals surface area contributed by atoms with Gasteiger partial charge in [-0.1, -0.05) is 194 Å². The monoisotopic (exact) mass is 856 g/mol. The van der Waals surface area contributed by atoms with E-state index in [0.717, 1.165) is 94.7 Å². The Kier molecular flexibility index (Phi) is 10.2. The van der Waals surface area contributed by atoms with E-state index in [1.807, 2.05) is 0 Å². The lowest BCUT2D eigenvalue weighted by atomic mass is 9.92. The Hall–Kier alpha value is -8.92. The first-order valence-electron chi connectivity index (χ1n) is 22.8. The fourth-order valence-electron chi connectivity index (χ4n) is 9.61. The highest BCUT2D eigenvalue weighted by Crippen LogP contribution is 2.50. The van der Waals surface area contributed by atoms with Crippen LogP contribution in [0, 0.1) is 0 Å². The van der Waals surface area contributed by atoms with Crippen molar-refractivity contribution in [3.8, 4) is 44.5 Å². The quantitative estimate of drug-likeness (QED) is 0.137. The molecule has 0 aliphatic rings. The summed E-state index contributed by atoms with van der Waals surface area (Å²) < 4.78 is 7.24. The standard InChI is InChI=1S/C64H44N2O/c1-6-19-45(20-7-1)47-33-35-49(36-34-47)57-38-37-56(44-58(57)48-23-10-3-11-24-48)65(53-28-12-4-13-29-53)60-39-40-61(64-63(60)59-42-51-25-16-17-26-52(51)43-62(59)67-64)66(54-30-14-5-15-31-54)55-32-18-27-50(41-55)46-21-8-2-9-22-46/h1-44H. The van der Waals surface area contributed by atoms with E-state index in [-0.39, 0.29) is 0 Å². The van der Waals surface area contributed by atoms with Crippen molar-refractivity contribution in [2.75, 3.05) is 9.80 Å². The van der Waals surface area contributed by atoms with Gasteiger partial charge in [-0.25, -0.2) is 0 Å². The normalized spacial score (nSPS) is 11.3. The lowest BCUT2D eigenvalue weighted by Crippen LogP contribution is -2.13. The Balaban J connectivity index is 1.10. The molecule has 12 rings (SSSR count). The summed E-state index contributed by atoms with van der Waals surface area (Å²) >= 11 is 0. The van der Waals surface area contributed by atoms with Crippen molar-refractivity contribution < 1.29 is 4.42 Å². The Morgan fingerprint density at radius 2 is 0.716 bits per heavy atom. The average Bonchev–Trinajstić information content (AvgIpc) is 3.79. The summed E-state index contributed by atoms with van der Waals surface area (Å²) in [5.74, 6) is 0. The van der Waals surface area contributed by atoms with Gasteiger partial charge in [0.2, 0.25) is 0 Å². The maximum absolute atomic E-state index is 7.24. The first kappa shape index (κ1) is 39.7. The molecule has 0 spiro atoms. The van der Waals surface area contributed by atoms with Gasteiger partial charge in [0.1, 0.15) is 5.58 Å². The van der Waals surface area contributed by atoms with Crippen LogP contribution in [0.5, 0.6) is 0 Å². The van der Waals surface area contributed by atoms with Crippen LogP contribution in [0.3, 0.4) is 0 Å². The first-order valence-corrected chi connectivity index (χ1v) is 22.8. The zero-order valence-electron chi connectivity index (χ0n) is 36.7. The maximum Gasteiger partial charge on any atom is 0.161 e. The molecule has 3 nitrogen and oxygen atoms in total. The number of nitrogens with zero attached hydrogens (tertiary/aromatic N) is 2. The van der Waals surface area contributed by atoms with Crippen molar-refractivity contribution in [3.05, 3.63) is 267 Å². The zero-order valence-corrected chi connectivity index (χ0v) is 36.7. The largest absolute Gasteiger partial charge is 0.454 e. The molecule has 0 aliphatic carbocycles. The highest BCUT2D eigenvalue weighted by atomic mass is 16.3. The van der Waals surface area contributed by atoms with Crippen molar-refractivity contribution in [3.63, 3.8) is 0 Å². The summed E-state index contributed by atoms with van der Waals surface area (Å²) in [4.78, 5) is 4.73. The Morgan fingerprint density at radius 3 is 1.36 bits per heavy atom. The second kappa shape index (κ2) is 17.2. The van der Waals surface area contributed by atoms with Crippen LogP contribution in [0.4, 0.5) is 34.1 Å². The number of hydrogen-bond acceptors (Lipinski definition) is 3. The van der Waals surface area contributed by atoms with Gasteiger partial charge in [0.05, 0.1) is 16.8 Å². The molecule has 1 heterocycles. The van der Waals surface area contributed by atoms with Crippen LogP contribution < -0.4 is 9.80 Å². The van der Waals surface area contributed by atoms with Crippen LogP contribution in [0.2, 0.25) is 0 Å². The zero-order chi connectivity index (χ0) is 44.5. The van der Waals surface area contributed by atoms with Gasteiger partial charge in [0, 0.05) is 28.1 Å². The van der Waals surface area contributed by atoms with Gasteiger partial charge in [0.25, 0.3) is 0 Å². The molecule has 0 saturated heterocycles. The van der Waals surface area contributed by atoms with Crippen molar-refractivity contribution in [2.24, 2.45) is 0 Å². The fourth-order valence-corrected chi connectivity index (χ4v) is 9.61. The topological polar surface area (TPSA) is 19.6 Å². The van der Waals surface area contributed by atoms with Crippen molar-refractivity contribution >= 4 is 66.8 Å². The average molecular weight is 857 g/mol. The van der Waals surface area contributed by atoms with Gasteiger partial charge < -0.3 is 14.2 Å². The van der Waals surface area contributed by atoms with Crippen LogP contribution in [0.25, 0.3) is 77.2 Å². The summed E-state index contributed by atoms with van der Waals surface area (Å²) in [7, 11) is 0. The maximum atomic E-state index is 7.24. The number of anilines is 6. The fraction of sp³-hybridized carbons (Fsp3) is 0. The molecule has 0 aliphatic heterocycles. The van der Waals surface area contributed by atoms with E-state index in [4.69, 9.17) is 4.42 Å². The molecule has 0 amide bonds. The molecule has 12 aromatic rings. The summed E-state index contributed by atoms with van der Waals surface area (Å²) in [6.45, 7) is 0. The number of hydrogen-bond donors (Lipinski definition) is 0. The second-order valence-electron chi connectivity index (χ2n) is 16.9. The van der Waals surface area contributed by atoms with Gasteiger partial charge in [-0.15, -0.1) is 0 Å². The third kappa shape index (κ3) is 7.49. The number of rotatable bonds is 10. The van der Waals surface area contributed by atoms with E-state index < -0.39 is 0 Å². The molecule has 0 fully saturated rings. The smallest absolute Gasteiger partial charge is 0.161 e. The molecule has 0 N–H and O–H groups in total. The lowest BCUT2D eigenvalue weighted by molar-refractivity contribution is 0.669. The van der Waals surface area contributed by atoms with E-state index in [2.05, 4.69) is 277 Å². The molecule has 0 saturated carbocycles. The van der Waals surface area contributed by atoms with E-state index in [9.17, 15) is 0 Å². The second-order valence-corrected chi connectivity index (χ2v) is 16.9. The number of fused-ring (bicyclic) bond motifs is 4. The van der Waals surface area contributed by atoms with Crippen molar-refractivity contribution in [1.82, 2.24) is 0 Å². The van der Waals surface area contributed by atoms with Gasteiger partial charge >= 0.3 is 0 Å². The summed E-state index contributed by atoms with van der Waals surface area (Å²) in [5, 5.41) is 4.37. The van der Waals surface area contributed by atoms with Gasteiger partial charge in [-0.2, -0.15) is 0 Å². The third-order valence-electron chi connectivity index (χ3n) is 12.8. The Labute approximate surface area is 390 Å². The number of furan rings is 1. The molecule has 1 aromatic heterocycles. The molecular formula is C64H44N2O. The van der Waals surface area contributed by atoms with Crippen LogP contribution in [-0.2, 0) is 0 Å². The molecule has 0 radical (unpaired) electrons. The highest BCUT2D eigenvalue weighted by Gasteiger charge is 2.26. The van der Waals surface area contributed by atoms with Crippen molar-refractivity contribution in [1.29, 1.82) is 0 Å². The SMILES string of the molecule is c1ccc(-c2ccc(-c3ccc(N(c4ccccc4)c4ccc(N(c5ccccc5)c5cccc(-c6ccccc6)c5)c5oc6cc7ccccc7cc6c45)cc3-c3ccccc3)cc2)cc1. The Morgan fingerprint density at radius 1 is 0.269 bits per heavy atom. The van der Waals surface area contributed by atoms with Gasteiger partial charge in [0.15, 0.2) is 5.58 Å². The predicted octanol–water partition coefficient (Wildman–Crippen LogP) is 18.3. The molecule has 0 atom stereocenters. The van der Waals surface area contributed by atoms with E-state index in [1.165, 1.54) is 16.7 Å². The van der Waals surface area contributed by atoms with Crippen molar-refractivity contribution in [2.45, 2.75) is 0 Å². The lowest BCUT2D eigenvalue weighted by Gasteiger charge is -2.30. The van der Waals surface area contributed by atoms with E-state index in [1.54, 1.807) is 0 Å². The van der Waals surface area contributed by atoms with Crippen LogP contribution in [-0.4, -0.2) is 0 Å². The minimum Gasteiger partial charge on any atom is -0.454 e. The summed E-state index contributed by atoms with van der Waals surface area (Å²) in [5.41, 5.74) is 17.1. The number of para-hydroxylation sites is 2. The summed E-state index contributed by atoms with van der Waals surface area (Å²) in [6.07, 6.45) is 0. The molecule has 316 valence electrons. The number of benzene rings is 11. The molecule has 3 heteroatoms. The summed E-state index contributed by atoms with van der Waals surface area (Å²) in [6, 6.07) is 95.4. The minimum absolute atomic E-state index is 0.802. The van der Waals surface area contributed by atoms with E-state index >= 15 is 0 Å². The molecule has 0 unspecified atom stereocenters. The first-order chi connectivity index (χ1) is 33.2. The highest BCUT2D eigenvalue weighted by molar-refractivity contribution is 6.20. The molecule has 11 aromatic carbocycles. The molecule has 67 heavy (non-hydrogen) atoms. The predicted molar refractivity (Wildman–Crippen MR) is 282 cm³/mol. The van der Waals surface area contributed by atoms with Crippen LogP contribution >= 0.6 is 0 Å². The van der Waals surface area contributed by atoms with Gasteiger partial charge in [-0.05, 0) is 128 Å². The molecule has 0 bridgehead atoms. The molecular weight excluding hydrogens is 813 g/mol. The third-order valence-corrected chi connectivity index (χ3v) is 12.8. The van der Waals surface area contributed by atoms with Gasteiger partial charge in [-0.3, -0.25) is 0 Å². The van der Waals surface area contributed by atoms with E-state index in [0.29, 0.717) is 0 Å². The Bertz CT molecular complexity index is 3660. The minimum atomic E-state index is 0.802. The van der Waals surface area contributed by atoms with Crippen LogP contribution in [0.1, 0.15) is 0 Å².